The van der Waals surface area contributed by atoms with E-state index in [1.54, 1.807) is 12.1 Å². The van der Waals surface area contributed by atoms with Crippen molar-refractivity contribution in [1.82, 2.24) is 0 Å². The molecule has 2 atom stereocenters. The monoisotopic (exact) mass is 246 g/mol. The van der Waals surface area contributed by atoms with Gasteiger partial charge in [-0.05, 0) is 37.2 Å². The molecule has 1 heterocycles. The first-order chi connectivity index (χ1) is 8.66. The molecule has 1 saturated carbocycles. The first kappa shape index (κ1) is 11.5. The van der Waals surface area contributed by atoms with Crippen LogP contribution in [-0.4, -0.2) is 18.0 Å². The summed E-state index contributed by atoms with van der Waals surface area (Å²) in [5.41, 5.74) is 2.12. The fourth-order valence-corrected chi connectivity index (χ4v) is 3.62. The van der Waals surface area contributed by atoms with Crippen molar-refractivity contribution in [3.05, 3.63) is 33.9 Å². The second-order valence-electron chi connectivity index (χ2n) is 5.56. The van der Waals surface area contributed by atoms with Crippen molar-refractivity contribution in [2.24, 2.45) is 11.8 Å². The minimum atomic E-state index is -0.254. The highest BCUT2D eigenvalue weighted by atomic mass is 16.6. The largest absolute Gasteiger partial charge is 0.365 e. The molecule has 1 aliphatic heterocycles. The average Bonchev–Trinajstić information content (AvgIpc) is 2.88. The molecule has 96 valence electrons. The van der Waals surface area contributed by atoms with E-state index in [0.717, 1.165) is 36.2 Å². The summed E-state index contributed by atoms with van der Waals surface area (Å²) in [6.45, 7) is 3.96. The highest BCUT2D eigenvalue weighted by Crippen LogP contribution is 2.42. The first-order valence-corrected chi connectivity index (χ1v) is 6.66. The van der Waals surface area contributed by atoms with Crippen molar-refractivity contribution >= 4 is 11.4 Å². The fourth-order valence-electron chi connectivity index (χ4n) is 3.62. The van der Waals surface area contributed by atoms with Crippen LogP contribution in [0.2, 0.25) is 0 Å². The lowest BCUT2D eigenvalue weighted by atomic mass is 10.0. The van der Waals surface area contributed by atoms with Crippen molar-refractivity contribution < 1.29 is 4.92 Å². The number of rotatable bonds is 2. The molecule has 2 unspecified atom stereocenters. The van der Waals surface area contributed by atoms with Crippen molar-refractivity contribution in [2.75, 3.05) is 18.0 Å². The molecule has 2 fully saturated rings. The lowest BCUT2D eigenvalue weighted by molar-refractivity contribution is -0.384. The Morgan fingerprint density at radius 1 is 1.28 bits per heavy atom. The zero-order valence-electron chi connectivity index (χ0n) is 10.6. The molecule has 0 aromatic heterocycles. The van der Waals surface area contributed by atoms with Gasteiger partial charge in [0.25, 0.3) is 5.69 Å². The Kier molecular flexibility index (Phi) is 2.73. The molecule has 1 aromatic carbocycles. The molecular weight excluding hydrogens is 228 g/mol. The van der Waals surface area contributed by atoms with Gasteiger partial charge in [0, 0.05) is 19.2 Å². The van der Waals surface area contributed by atoms with Gasteiger partial charge in [-0.25, -0.2) is 0 Å². The molecular formula is C14H18N2O2. The van der Waals surface area contributed by atoms with Gasteiger partial charge in [0.15, 0.2) is 0 Å². The van der Waals surface area contributed by atoms with E-state index in [4.69, 9.17) is 0 Å². The van der Waals surface area contributed by atoms with Crippen molar-refractivity contribution in [2.45, 2.75) is 26.2 Å². The van der Waals surface area contributed by atoms with Crippen LogP contribution < -0.4 is 4.90 Å². The fraction of sp³-hybridized carbons (Fsp3) is 0.571. The highest BCUT2D eigenvalue weighted by molar-refractivity contribution is 5.68. The van der Waals surface area contributed by atoms with E-state index in [1.807, 2.05) is 13.0 Å². The van der Waals surface area contributed by atoms with Gasteiger partial charge in [-0.3, -0.25) is 10.1 Å². The van der Waals surface area contributed by atoms with E-state index in [9.17, 15) is 10.1 Å². The van der Waals surface area contributed by atoms with Crippen LogP contribution in [0.4, 0.5) is 11.4 Å². The third-order valence-electron chi connectivity index (χ3n) is 4.46. The van der Waals surface area contributed by atoms with Crippen LogP contribution in [0.1, 0.15) is 24.8 Å². The number of benzene rings is 1. The third kappa shape index (κ3) is 1.76. The normalized spacial score (nSPS) is 26.4. The Bertz CT molecular complexity index is 475. The molecule has 0 radical (unpaired) electrons. The predicted molar refractivity (Wildman–Crippen MR) is 70.9 cm³/mol. The number of fused-ring (bicyclic) bond motifs is 1. The van der Waals surface area contributed by atoms with Crippen LogP contribution in [0.5, 0.6) is 0 Å². The summed E-state index contributed by atoms with van der Waals surface area (Å²) in [5.74, 6) is 1.51. The molecule has 1 aliphatic carbocycles. The van der Waals surface area contributed by atoms with Crippen LogP contribution in [0.15, 0.2) is 18.2 Å². The Labute approximate surface area is 107 Å². The van der Waals surface area contributed by atoms with E-state index in [2.05, 4.69) is 4.90 Å². The topological polar surface area (TPSA) is 46.4 Å². The second kappa shape index (κ2) is 4.26. The van der Waals surface area contributed by atoms with Crippen LogP contribution >= 0.6 is 0 Å². The number of hydrogen-bond acceptors (Lipinski definition) is 3. The van der Waals surface area contributed by atoms with Crippen molar-refractivity contribution in [1.29, 1.82) is 0 Å². The molecule has 0 amide bonds. The smallest absolute Gasteiger partial charge is 0.292 e. The molecule has 1 aromatic rings. The van der Waals surface area contributed by atoms with E-state index in [-0.39, 0.29) is 10.6 Å². The van der Waals surface area contributed by atoms with Gasteiger partial charge in [0.1, 0.15) is 5.69 Å². The number of nitro benzene ring substituents is 1. The van der Waals surface area contributed by atoms with Gasteiger partial charge < -0.3 is 4.90 Å². The molecule has 0 bridgehead atoms. The SMILES string of the molecule is Cc1cccc([N+](=O)[O-])c1N1CC2CCCC2C1. The lowest BCUT2D eigenvalue weighted by Gasteiger charge is -2.21. The molecule has 4 nitrogen and oxygen atoms in total. The number of nitrogens with zero attached hydrogens (tertiary/aromatic N) is 2. The average molecular weight is 246 g/mol. The minimum absolute atomic E-state index is 0.254. The summed E-state index contributed by atoms with van der Waals surface area (Å²) >= 11 is 0. The van der Waals surface area contributed by atoms with E-state index in [1.165, 1.54) is 19.3 Å². The predicted octanol–water partition coefficient (Wildman–Crippen LogP) is 3.14. The van der Waals surface area contributed by atoms with Crippen molar-refractivity contribution in [3.8, 4) is 0 Å². The molecule has 3 rings (SSSR count). The molecule has 2 aliphatic rings. The third-order valence-corrected chi connectivity index (χ3v) is 4.46. The molecule has 0 spiro atoms. The van der Waals surface area contributed by atoms with Gasteiger partial charge in [-0.1, -0.05) is 18.6 Å². The van der Waals surface area contributed by atoms with Gasteiger partial charge in [-0.2, -0.15) is 0 Å². The Morgan fingerprint density at radius 3 is 2.56 bits per heavy atom. The standard InChI is InChI=1S/C14H18N2O2/c1-10-4-2-7-13(16(17)18)14(10)15-8-11-5-3-6-12(11)9-15/h2,4,7,11-12H,3,5-6,8-9H2,1H3. The second-order valence-corrected chi connectivity index (χ2v) is 5.56. The number of anilines is 1. The maximum Gasteiger partial charge on any atom is 0.292 e. The van der Waals surface area contributed by atoms with E-state index in [0.29, 0.717) is 0 Å². The van der Waals surface area contributed by atoms with Crippen LogP contribution in [0.3, 0.4) is 0 Å². The Morgan fingerprint density at radius 2 is 1.94 bits per heavy atom. The van der Waals surface area contributed by atoms with E-state index < -0.39 is 0 Å². The van der Waals surface area contributed by atoms with Crippen LogP contribution in [0.25, 0.3) is 0 Å². The maximum atomic E-state index is 11.2. The Balaban J connectivity index is 1.95. The van der Waals surface area contributed by atoms with Gasteiger partial charge in [0.2, 0.25) is 0 Å². The summed E-state index contributed by atoms with van der Waals surface area (Å²) in [6, 6.07) is 5.36. The van der Waals surface area contributed by atoms with Crippen molar-refractivity contribution in [3.63, 3.8) is 0 Å². The zero-order valence-corrected chi connectivity index (χ0v) is 10.6. The molecule has 0 N–H and O–H groups in total. The molecule has 1 saturated heterocycles. The van der Waals surface area contributed by atoms with E-state index >= 15 is 0 Å². The quantitative estimate of drug-likeness (QED) is 0.595. The maximum absolute atomic E-state index is 11.2. The number of para-hydroxylation sites is 1. The summed E-state index contributed by atoms with van der Waals surface area (Å²) in [5, 5.41) is 11.2. The highest BCUT2D eigenvalue weighted by Gasteiger charge is 2.38. The minimum Gasteiger partial charge on any atom is -0.365 e. The summed E-state index contributed by atoms with van der Waals surface area (Å²) in [6.07, 6.45) is 3.92. The van der Waals surface area contributed by atoms with Gasteiger partial charge >= 0.3 is 0 Å². The lowest BCUT2D eigenvalue weighted by Crippen LogP contribution is -2.22. The molecule has 4 heteroatoms. The number of nitro groups is 1. The van der Waals surface area contributed by atoms with Gasteiger partial charge in [-0.15, -0.1) is 0 Å². The zero-order chi connectivity index (χ0) is 12.7. The van der Waals surface area contributed by atoms with Crippen LogP contribution in [0, 0.1) is 28.9 Å². The van der Waals surface area contributed by atoms with Gasteiger partial charge in [0.05, 0.1) is 4.92 Å². The first-order valence-electron chi connectivity index (χ1n) is 6.66. The molecule has 18 heavy (non-hydrogen) atoms. The summed E-state index contributed by atoms with van der Waals surface area (Å²) < 4.78 is 0. The number of hydrogen-bond donors (Lipinski definition) is 0. The number of aryl methyl sites for hydroxylation is 1. The van der Waals surface area contributed by atoms with Crippen LogP contribution in [-0.2, 0) is 0 Å². The summed E-state index contributed by atoms with van der Waals surface area (Å²) in [4.78, 5) is 13.1. The Hall–Kier alpha value is -1.58. The summed E-state index contributed by atoms with van der Waals surface area (Å²) in [7, 11) is 0.